The van der Waals surface area contributed by atoms with Crippen LogP contribution in [0.2, 0.25) is 5.02 Å². The highest BCUT2D eigenvalue weighted by Gasteiger charge is 2.31. The highest BCUT2D eigenvalue weighted by Crippen LogP contribution is 2.35. The van der Waals surface area contributed by atoms with Gasteiger partial charge in [-0.15, -0.1) is 0 Å². The van der Waals surface area contributed by atoms with Crippen molar-refractivity contribution in [3.63, 3.8) is 0 Å². The summed E-state index contributed by atoms with van der Waals surface area (Å²) < 4.78 is 27.0. The third-order valence-corrected chi connectivity index (χ3v) is 8.72. The van der Waals surface area contributed by atoms with Crippen molar-refractivity contribution in [1.82, 2.24) is 14.1 Å². The molecule has 0 radical (unpaired) electrons. The predicted octanol–water partition coefficient (Wildman–Crippen LogP) is 3.10. The molecule has 0 aromatic heterocycles. The molecule has 0 spiro atoms. The molecule has 1 aliphatic heterocycles. The molecule has 1 saturated heterocycles. The molecule has 2 aromatic carbocycles. The van der Waals surface area contributed by atoms with Gasteiger partial charge in [0.15, 0.2) is 0 Å². The van der Waals surface area contributed by atoms with Crippen molar-refractivity contribution in [3.05, 3.63) is 64.7 Å². The molecule has 0 bridgehead atoms. The SMILES string of the molecule is CN(C(=O)CCC(=O)N1CCN(S(=O)(=O)c2ccc(Cl)cc2)CC1)C1CCc2ccccc21. The van der Waals surface area contributed by atoms with Crippen LogP contribution in [0.15, 0.2) is 53.4 Å². The topological polar surface area (TPSA) is 78.0 Å². The van der Waals surface area contributed by atoms with Crippen molar-refractivity contribution in [2.24, 2.45) is 0 Å². The summed E-state index contributed by atoms with van der Waals surface area (Å²) in [7, 11) is -1.82. The molecule has 1 atom stereocenters. The van der Waals surface area contributed by atoms with Gasteiger partial charge in [0, 0.05) is 51.1 Å². The summed E-state index contributed by atoms with van der Waals surface area (Å²) in [5.41, 5.74) is 2.47. The predicted molar refractivity (Wildman–Crippen MR) is 126 cm³/mol. The van der Waals surface area contributed by atoms with E-state index >= 15 is 0 Å². The number of rotatable bonds is 6. The van der Waals surface area contributed by atoms with Crippen LogP contribution in [-0.4, -0.2) is 67.6 Å². The van der Waals surface area contributed by atoms with E-state index in [4.69, 9.17) is 11.6 Å². The van der Waals surface area contributed by atoms with Crippen LogP contribution in [0.4, 0.5) is 0 Å². The number of hydrogen-bond acceptors (Lipinski definition) is 4. The second-order valence-corrected chi connectivity index (χ2v) is 10.9. The van der Waals surface area contributed by atoms with Gasteiger partial charge >= 0.3 is 0 Å². The maximum Gasteiger partial charge on any atom is 0.243 e. The summed E-state index contributed by atoms with van der Waals surface area (Å²) >= 11 is 5.85. The number of amides is 2. The van der Waals surface area contributed by atoms with Crippen LogP contribution in [0.5, 0.6) is 0 Å². The number of benzene rings is 2. The van der Waals surface area contributed by atoms with Crippen LogP contribution in [0.25, 0.3) is 0 Å². The summed E-state index contributed by atoms with van der Waals surface area (Å²) in [6, 6.07) is 14.3. The molecule has 1 aliphatic carbocycles. The molecule has 33 heavy (non-hydrogen) atoms. The Balaban J connectivity index is 1.27. The molecule has 0 saturated carbocycles. The Morgan fingerprint density at radius 2 is 1.67 bits per heavy atom. The minimum atomic E-state index is -3.62. The molecular weight excluding hydrogens is 462 g/mol. The lowest BCUT2D eigenvalue weighted by Crippen LogP contribution is -2.50. The molecule has 1 heterocycles. The maximum absolute atomic E-state index is 12.8. The minimum absolute atomic E-state index is 0.0472. The normalized spacial score (nSPS) is 18.7. The Morgan fingerprint density at radius 1 is 1.00 bits per heavy atom. The van der Waals surface area contributed by atoms with Crippen molar-refractivity contribution in [1.29, 1.82) is 0 Å². The fourth-order valence-electron chi connectivity index (χ4n) is 4.59. The summed E-state index contributed by atoms with van der Waals surface area (Å²) in [5.74, 6) is -0.166. The molecule has 0 N–H and O–H groups in total. The molecule has 2 amide bonds. The van der Waals surface area contributed by atoms with Gasteiger partial charge in [-0.3, -0.25) is 9.59 Å². The lowest BCUT2D eigenvalue weighted by molar-refractivity contribution is -0.138. The minimum Gasteiger partial charge on any atom is -0.340 e. The fourth-order valence-corrected chi connectivity index (χ4v) is 6.14. The molecule has 2 aliphatic rings. The third kappa shape index (κ3) is 5.08. The standard InChI is InChI=1S/C24H28ClN3O4S/c1-26(22-11-6-18-4-2-3-5-21(18)22)23(29)12-13-24(30)27-14-16-28(17-15-27)33(31,32)20-9-7-19(25)8-10-20/h2-5,7-10,22H,6,11-17H2,1H3. The lowest BCUT2D eigenvalue weighted by Gasteiger charge is -2.34. The molecule has 4 rings (SSSR count). The average Bonchev–Trinajstić information content (AvgIpc) is 3.26. The highest BCUT2D eigenvalue weighted by molar-refractivity contribution is 7.89. The van der Waals surface area contributed by atoms with Gasteiger partial charge < -0.3 is 9.80 Å². The van der Waals surface area contributed by atoms with Crippen molar-refractivity contribution in [3.8, 4) is 0 Å². The van der Waals surface area contributed by atoms with Gasteiger partial charge in [0.05, 0.1) is 10.9 Å². The van der Waals surface area contributed by atoms with E-state index in [2.05, 4.69) is 12.1 Å². The first kappa shape index (κ1) is 23.7. The quantitative estimate of drug-likeness (QED) is 0.624. The Labute approximate surface area is 200 Å². The Morgan fingerprint density at radius 3 is 2.36 bits per heavy atom. The maximum atomic E-state index is 12.8. The van der Waals surface area contributed by atoms with Crippen LogP contribution in [0, 0.1) is 0 Å². The molecule has 2 aromatic rings. The van der Waals surface area contributed by atoms with Gasteiger partial charge in [0.2, 0.25) is 21.8 Å². The number of nitrogens with zero attached hydrogens (tertiary/aromatic N) is 3. The summed E-state index contributed by atoms with van der Waals surface area (Å²) in [6.07, 6.45) is 2.14. The zero-order valence-electron chi connectivity index (χ0n) is 18.6. The summed E-state index contributed by atoms with van der Waals surface area (Å²) in [6.45, 7) is 1.07. The lowest BCUT2D eigenvalue weighted by atomic mass is 10.1. The Kier molecular flexibility index (Phi) is 7.07. The van der Waals surface area contributed by atoms with Crippen molar-refractivity contribution in [2.45, 2.75) is 36.6 Å². The number of fused-ring (bicyclic) bond motifs is 1. The smallest absolute Gasteiger partial charge is 0.243 e. The molecule has 176 valence electrons. The highest BCUT2D eigenvalue weighted by atomic mass is 35.5. The van der Waals surface area contributed by atoms with E-state index < -0.39 is 10.0 Å². The van der Waals surface area contributed by atoms with Crippen molar-refractivity contribution in [2.75, 3.05) is 33.2 Å². The average molecular weight is 490 g/mol. The Hall–Kier alpha value is -2.42. The Bertz CT molecular complexity index is 1130. The van der Waals surface area contributed by atoms with Gasteiger partial charge in [-0.05, 0) is 48.2 Å². The fraction of sp³-hybridized carbons (Fsp3) is 0.417. The largest absolute Gasteiger partial charge is 0.340 e. The summed E-state index contributed by atoms with van der Waals surface area (Å²) in [5, 5.41) is 0.474. The molecule has 7 nitrogen and oxygen atoms in total. The number of sulfonamides is 1. The van der Waals surface area contributed by atoms with E-state index in [1.54, 1.807) is 29.0 Å². The number of halogens is 1. The van der Waals surface area contributed by atoms with Crippen molar-refractivity contribution < 1.29 is 18.0 Å². The number of carbonyl (C=O) groups is 2. The number of aryl methyl sites for hydroxylation is 1. The van der Waals surface area contributed by atoms with E-state index in [0.29, 0.717) is 18.1 Å². The van der Waals surface area contributed by atoms with Gasteiger partial charge in [-0.1, -0.05) is 35.9 Å². The first-order valence-electron chi connectivity index (χ1n) is 11.1. The van der Waals surface area contributed by atoms with E-state index in [-0.39, 0.29) is 48.7 Å². The van der Waals surface area contributed by atoms with E-state index in [1.807, 2.05) is 12.1 Å². The zero-order chi connectivity index (χ0) is 23.6. The van der Waals surface area contributed by atoms with Crippen LogP contribution < -0.4 is 0 Å². The van der Waals surface area contributed by atoms with Gasteiger partial charge in [0.1, 0.15) is 0 Å². The van der Waals surface area contributed by atoms with Gasteiger partial charge in [0.25, 0.3) is 0 Å². The van der Waals surface area contributed by atoms with Gasteiger partial charge in [-0.2, -0.15) is 4.31 Å². The van der Waals surface area contributed by atoms with E-state index in [0.717, 1.165) is 12.8 Å². The molecule has 9 heteroatoms. The number of carbonyl (C=O) groups excluding carboxylic acids is 2. The monoisotopic (exact) mass is 489 g/mol. The molecule has 1 fully saturated rings. The van der Waals surface area contributed by atoms with Crippen molar-refractivity contribution >= 4 is 33.4 Å². The second-order valence-electron chi connectivity index (χ2n) is 8.50. The van der Waals surface area contributed by atoms with Gasteiger partial charge in [-0.25, -0.2) is 8.42 Å². The third-order valence-electron chi connectivity index (χ3n) is 6.56. The zero-order valence-corrected chi connectivity index (χ0v) is 20.2. The van der Waals surface area contributed by atoms with Crippen LogP contribution >= 0.6 is 11.6 Å². The second kappa shape index (κ2) is 9.83. The first-order valence-corrected chi connectivity index (χ1v) is 13.0. The van der Waals surface area contributed by atoms with Crippen LogP contribution in [-0.2, 0) is 26.0 Å². The van der Waals surface area contributed by atoms with Crippen LogP contribution in [0.3, 0.4) is 0 Å². The number of hydrogen-bond donors (Lipinski definition) is 0. The van der Waals surface area contributed by atoms with E-state index in [9.17, 15) is 18.0 Å². The van der Waals surface area contributed by atoms with Crippen LogP contribution in [0.1, 0.15) is 36.4 Å². The molecular formula is C24H28ClN3O4S. The summed E-state index contributed by atoms with van der Waals surface area (Å²) in [4.78, 5) is 29.0. The number of piperazine rings is 1. The first-order chi connectivity index (χ1) is 15.8. The molecule has 1 unspecified atom stereocenters. The van der Waals surface area contributed by atoms with E-state index in [1.165, 1.54) is 27.6 Å².